The quantitative estimate of drug-likeness (QED) is 0.576. The molecule has 3 nitrogen and oxygen atoms in total. The van der Waals surface area contributed by atoms with Crippen LogP contribution in [0.15, 0.2) is 6.20 Å². The van der Waals surface area contributed by atoms with Crippen molar-refractivity contribution in [1.29, 1.82) is 0 Å². The fraction of sp³-hybridized carbons (Fsp3) is 0.667. The smallest absolute Gasteiger partial charge is 0.224 e. The van der Waals surface area contributed by atoms with Crippen LogP contribution in [0.2, 0.25) is 10.3 Å². The Morgan fingerprint density at radius 3 is 2.59 bits per heavy atom. The minimum Gasteiger partial charge on any atom is -0.353 e. The van der Waals surface area contributed by atoms with Gasteiger partial charge in [0.2, 0.25) is 5.28 Å². The van der Waals surface area contributed by atoms with Crippen LogP contribution in [-0.4, -0.2) is 22.6 Å². The third-order valence-electron chi connectivity index (χ3n) is 2.59. The van der Waals surface area contributed by atoms with Crippen LogP contribution in [0.4, 0.5) is 5.82 Å². The molecule has 0 saturated heterocycles. The zero-order chi connectivity index (χ0) is 12.8. The van der Waals surface area contributed by atoms with E-state index in [4.69, 9.17) is 23.2 Å². The van der Waals surface area contributed by atoms with Gasteiger partial charge in [-0.25, -0.2) is 4.98 Å². The molecule has 5 heteroatoms. The molecule has 0 N–H and O–H groups in total. The summed E-state index contributed by atoms with van der Waals surface area (Å²) in [7, 11) is 0. The van der Waals surface area contributed by atoms with E-state index in [1.807, 2.05) is 0 Å². The lowest BCUT2D eigenvalue weighted by molar-refractivity contribution is 0.619. The molecule has 0 fully saturated rings. The molecule has 0 aliphatic rings. The van der Waals surface area contributed by atoms with Gasteiger partial charge in [-0.2, -0.15) is 4.98 Å². The zero-order valence-electron chi connectivity index (χ0n) is 10.6. The van der Waals surface area contributed by atoms with Crippen LogP contribution in [0.3, 0.4) is 0 Å². The summed E-state index contributed by atoms with van der Waals surface area (Å²) in [5.41, 5.74) is 0. The van der Waals surface area contributed by atoms with Crippen LogP contribution >= 0.6 is 23.2 Å². The van der Waals surface area contributed by atoms with Crippen LogP contribution in [0.5, 0.6) is 0 Å². The highest BCUT2D eigenvalue weighted by molar-refractivity contribution is 6.33. The van der Waals surface area contributed by atoms with Gasteiger partial charge in [0.25, 0.3) is 0 Å². The van der Waals surface area contributed by atoms with Crippen molar-refractivity contribution in [3.63, 3.8) is 0 Å². The number of unbranched alkanes of at least 4 members (excludes halogenated alkanes) is 2. The molecule has 17 heavy (non-hydrogen) atoms. The van der Waals surface area contributed by atoms with Crippen molar-refractivity contribution in [2.75, 3.05) is 11.4 Å². The lowest BCUT2D eigenvalue weighted by Gasteiger charge is -2.28. The number of aromatic nitrogens is 2. The van der Waals surface area contributed by atoms with Crippen LogP contribution in [0, 0.1) is 0 Å². The van der Waals surface area contributed by atoms with Gasteiger partial charge >= 0.3 is 0 Å². The van der Waals surface area contributed by atoms with E-state index in [1.54, 1.807) is 6.20 Å². The van der Waals surface area contributed by atoms with Gasteiger partial charge in [-0.3, -0.25) is 0 Å². The van der Waals surface area contributed by atoms with E-state index in [0.29, 0.717) is 11.1 Å². The first-order valence-corrected chi connectivity index (χ1v) is 6.76. The van der Waals surface area contributed by atoms with E-state index < -0.39 is 0 Å². The summed E-state index contributed by atoms with van der Waals surface area (Å²) in [5, 5.41) is 0.796. The van der Waals surface area contributed by atoms with Gasteiger partial charge in [0.05, 0.1) is 6.20 Å². The van der Waals surface area contributed by atoms with Gasteiger partial charge in [0.15, 0.2) is 5.82 Å². The third kappa shape index (κ3) is 4.32. The summed E-state index contributed by atoms with van der Waals surface area (Å²) in [4.78, 5) is 10.3. The molecule has 1 aromatic rings. The minimum atomic E-state index is 0.241. The average molecular weight is 276 g/mol. The van der Waals surface area contributed by atoms with Crippen LogP contribution in [-0.2, 0) is 0 Å². The molecule has 1 rings (SSSR count). The van der Waals surface area contributed by atoms with E-state index >= 15 is 0 Å². The second-order valence-electron chi connectivity index (χ2n) is 4.30. The second-order valence-corrected chi connectivity index (χ2v) is 5.05. The highest BCUT2D eigenvalue weighted by Crippen LogP contribution is 2.25. The second kappa shape index (κ2) is 7.02. The number of hydrogen-bond acceptors (Lipinski definition) is 3. The lowest BCUT2D eigenvalue weighted by Crippen LogP contribution is -2.32. The normalized spacial score (nSPS) is 10.9. The largest absolute Gasteiger partial charge is 0.353 e. The Kier molecular flexibility index (Phi) is 6.00. The molecule has 0 bridgehead atoms. The maximum Gasteiger partial charge on any atom is 0.224 e. The molecule has 0 radical (unpaired) electrons. The standard InChI is InChI=1S/C12H19Cl2N3/c1-4-5-6-7-17(9(2)3)11-10(13)8-15-12(14)16-11/h8-9H,4-7H2,1-3H3. The molecule has 1 aromatic heterocycles. The van der Waals surface area contributed by atoms with Crippen molar-refractivity contribution in [3.8, 4) is 0 Å². The molecular weight excluding hydrogens is 257 g/mol. The molecule has 0 aliphatic heterocycles. The monoisotopic (exact) mass is 275 g/mol. The van der Waals surface area contributed by atoms with Crippen molar-refractivity contribution >= 4 is 29.0 Å². The molecule has 96 valence electrons. The zero-order valence-corrected chi connectivity index (χ0v) is 12.1. The summed E-state index contributed by atoms with van der Waals surface area (Å²) in [5.74, 6) is 0.734. The van der Waals surface area contributed by atoms with Gasteiger partial charge in [-0.1, -0.05) is 31.4 Å². The lowest BCUT2D eigenvalue weighted by atomic mass is 10.2. The number of hydrogen-bond donors (Lipinski definition) is 0. The number of anilines is 1. The van der Waals surface area contributed by atoms with Crippen molar-refractivity contribution in [1.82, 2.24) is 9.97 Å². The first-order chi connectivity index (χ1) is 8.06. The summed E-state index contributed by atoms with van der Waals surface area (Å²) >= 11 is 11.9. The molecule has 1 heterocycles. The molecule has 0 aliphatic carbocycles. The topological polar surface area (TPSA) is 29.0 Å². The molecule has 0 unspecified atom stereocenters. The Hall–Kier alpha value is -0.540. The van der Waals surface area contributed by atoms with Gasteiger partial charge in [0.1, 0.15) is 5.02 Å². The Labute approximate surface area is 113 Å². The number of rotatable bonds is 6. The van der Waals surface area contributed by atoms with E-state index in [-0.39, 0.29) is 5.28 Å². The van der Waals surface area contributed by atoms with Gasteiger partial charge in [-0.05, 0) is 31.9 Å². The maximum atomic E-state index is 6.12. The number of nitrogens with zero attached hydrogens (tertiary/aromatic N) is 3. The Morgan fingerprint density at radius 2 is 2.00 bits per heavy atom. The molecule has 0 amide bonds. The summed E-state index contributed by atoms with van der Waals surface area (Å²) < 4.78 is 0. The van der Waals surface area contributed by atoms with Gasteiger partial charge in [-0.15, -0.1) is 0 Å². The van der Waals surface area contributed by atoms with E-state index in [2.05, 4.69) is 35.6 Å². The molecule has 0 atom stereocenters. The van der Waals surface area contributed by atoms with Crippen molar-refractivity contribution < 1.29 is 0 Å². The van der Waals surface area contributed by atoms with Gasteiger partial charge < -0.3 is 4.90 Å². The maximum absolute atomic E-state index is 6.12. The van der Waals surface area contributed by atoms with E-state index in [1.165, 1.54) is 12.8 Å². The summed E-state index contributed by atoms with van der Waals surface area (Å²) in [6.07, 6.45) is 5.10. The Morgan fingerprint density at radius 1 is 1.29 bits per heavy atom. The van der Waals surface area contributed by atoms with Crippen molar-refractivity contribution in [3.05, 3.63) is 16.5 Å². The first kappa shape index (κ1) is 14.5. The molecule has 0 aromatic carbocycles. The van der Waals surface area contributed by atoms with E-state index in [9.17, 15) is 0 Å². The highest BCUT2D eigenvalue weighted by Gasteiger charge is 2.15. The van der Waals surface area contributed by atoms with Crippen LogP contribution < -0.4 is 4.90 Å². The Balaban J connectivity index is 2.85. The predicted molar refractivity (Wildman–Crippen MR) is 74.1 cm³/mol. The first-order valence-electron chi connectivity index (χ1n) is 6.01. The van der Waals surface area contributed by atoms with Crippen molar-refractivity contribution in [2.45, 2.75) is 46.1 Å². The predicted octanol–water partition coefficient (Wildman–Crippen LogP) is 4.19. The molecule has 0 spiro atoms. The summed E-state index contributed by atoms with van der Waals surface area (Å²) in [6, 6.07) is 0.343. The van der Waals surface area contributed by atoms with Gasteiger partial charge in [0, 0.05) is 12.6 Å². The fourth-order valence-electron chi connectivity index (χ4n) is 1.68. The average Bonchev–Trinajstić information content (AvgIpc) is 2.28. The minimum absolute atomic E-state index is 0.241. The SMILES string of the molecule is CCCCCN(c1nc(Cl)ncc1Cl)C(C)C. The fourth-order valence-corrected chi connectivity index (χ4v) is 2.01. The number of halogens is 2. The van der Waals surface area contributed by atoms with Crippen molar-refractivity contribution in [2.24, 2.45) is 0 Å². The van der Waals surface area contributed by atoms with E-state index in [0.717, 1.165) is 18.8 Å². The van der Waals surface area contributed by atoms with Crippen LogP contribution in [0.25, 0.3) is 0 Å². The molecule has 0 saturated carbocycles. The Bertz CT molecular complexity index is 356. The molecular formula is C12H19Cl2N3. The van der Waals surface area contributed by atoms with Crippen LogP contribution in [0.1, 0.15) is 40.0 Å². The summed E-state index contributed by atoms with van der Waals surface area (Å²) in [6.45, 7) is 7.38. The third-order valence-corrected chi connectivity index (χ3v) is 3.04. The highest BCUT2D eigenvalue weighted by atomic mass is 35.5.